The summed E-state index contributed by atoms with van der Waals surface area (Å²) in [6.45, 7) is 6.67. The highest BCUT2D eigenvalue weighted by Crippen LogP contribution is 2.32. The Morgan fingerprint density at radius 3 is 2.25 bits per heavy atom. The van der Waals surface area contributed by atoms with E-state index < -0.39 is 0 Å². The minimum absolute atomic E-state index is 0.534. The third-order valence-corrected chi connectivity index (χ3v) is 2.77. The monoisotopic (exact) mass is 171 g/mol. The van der Waals surface area contributed by atoms with Gasteiger partial charge in [-0.15, -0.1) is 0 Å². The van der Waals surface area contributed by atoms with Gasteiger partial charge in [-0.2, -0.15) is 0 Å². The van der Waals surface area contributed by atoms with Crippen LogP contribution < -0.4 is 5.32 Å². The fourth-order valence-corrected chi connectivity index (χ4v) is 1.87. The van der Waals surface area contributed by atoms with Crippen molar-refractivity contribution in [2.45, 2.75) is 51.8 Å². The van der Waals surface area contributed by atoms with Crippen molar-refractivity contribution in [3.8, 4) is 0 Å². The second-order valence-corrected chi connectivity index (χ2v) is 4.20. The minimum atomic E-state index is 0.534. The number of nitrogens with one attached hydrogen (secondary N) is 1. The lowest BCUT2D eigenvalue weighted by molar-refractivity contribution is -0.0107. The Balaban J connectivity index is 2.14. The van der Waals surface area contributed by atoms with Gasteiger partial charge in [0.25, 0.3) is 0 Å². The molecular weight excluding hydrogens is 150 g/mol. The van der Waals surface area contributed by atoms with E-state index in [9.17, 15) is 0 Å². The van der Waals surface area contributed by atoms with E-state index in [4.69, 9.17) is 4.74 Å². The van der Waals surface area contributed by atoms with Gasteiger partial charge >= 0.3 is 0 Å². The number of hydrogen-bond donors (Lipinski definition) is 1. The molecule has 1 saturated carbocycles. The number of hydrogen-bond acceptors (Lipinski definition) is 2. The molecule has 0 aromatic carbocycles. The lowest BCUT2D eigenvalue weighted by Crippen LogP contribution is -2.45. The molecule has 1 aliphatic rings. The Bertz CT molecular complexity index is 130. The summed E-state index contributed by atoms with van der Waals surface area (Å²) in [5.41, 5.74) is 0. The molecule has 0 unspecified atom stereocenters. The predicted octanol–water partition coefficient (Wildman–Crippen LogP) is 1.80. The molecule has 0 radical (unpaired) electrons. The average molecular weight is 171 g/mol. The van der Waals surface area contributed by atoms with E-state index in [0.29, 0.717) is 18.2 Å². The van der Waals surface area contributed by atoms with Crippen molar-refractivity contribution in [2.24, 2.45) is 5.92 Å². The zero-order valence-electron chi connectivity index (χ0n) is 8.63. The quantitative estimate of drug-likeness (QED) is 0.696. The highest BCUT2D eigenvalue weighted by atomic mass is 16.5. The molecule has 1 atom stereocenters. The average Bonchev–Trinajstić information content (AvgIpc) is 1.82. The SMILES string of the molecule is CO[C@H]1C[C@@H]([C@@H](C)NC(C)C)C1. The minimum Gasteiger partial charge on any atom is -0.381 e. The summed E-state index contributed by atoms with van der Waals surface area (Å²) in [5, 5.41) is 3.53. The molecule has 0 heterocycles. The van der Waals surface area contributed by atoms with Gasteiger partial charge < -0.3 is 10.1 Å². The first kappa shape index (κ1) is 10.0. The normalized spacial score (nSPS) is 31.8. The van der Waals surface area contributed by atoms with Crippen LogP contribution in [0.25, 0.3) is 0 Å². The van der Waals surface area contributed by atoms with Crippen molar-refractivity contribution in [1.29, 1.82) is 0 Å². The summed E-state index contributed by atoms with van der Waals surface area (Å²) >= 11 is 0. The Kier molecular flexibility index (Phi) is 3.53. The number of rotatable bonds is 4. The van der Waals surface area contributed by atoms with E-state index in [1.165, 1.54) is 12.8 Å². The zero-order chi connectivity index (χ0) is 9.14. The summed E-state index contributed by atoms with van der Waals surface area (Å²) in [6.07, 6.45) is 3.00. The Morgan fingerprint density at radius 2 is 1.83 bits per heavy atom. The van der Waals surface area contributed by atoms with Crippen LogP contribution in [0.1, 0.15) is 33.6 Å². The molecule has 0 saturated heterocycles. The van der Waals surface area contributed by atoms with Crippen LogP contribution in [0.3, 0.4) is 0 Å². The van der Waals surface area contributed by atoms with Crippen LogP contribution in [0, 0.1) is 5.92 Å². The van der Waals surface area contributed by atoms with Crippen LogP contribution in [-0.4, -0.2) is 25.3 Å². The van der Waals surface area contributed by atoms with Crippen LogP contribution >= 0.6 is 0 Å². The van der Waals surface area contributed by atoms with Crippen molar-refractivity contribution in [3.05, 3.63) is 0 Å². The lowest BCUT2D eigenvalue weighted by Gasteiger charge is -2.39. The van der Waals surface area contributed by atoms with Gasteiger partial charge in [0.1, 0.15) is 0 Å². The van der Waals surface area contributed by atoms with Crippen molar-refractivity contribution in [3.63, 3.8) is 0 Å². The number of methoxy groups -OCH3 is 1. The second-order valence-electron chi connectivity index (χ2n) is 4.20. The molecule has 12 heavy (non-hydrogen) atoms. The summed E-state index contributed by atoms with van der Waals surface area (Å²) < 4.78 is 5.24. The molecule has 1 rings (SSSR count). The third-order valence-electron chi connectivity index (χ3n) is 2.77. The first-order valence-electron chi connectivity index (χ1n) is 4.92. The highest BCUT2D eigenvalue weighted by Gasteiger charge is 2.32. The van der Waals surface area contributed by atoms with Gasteiger partial charge in [0, 0.05) is 19.2 Å². The van der Waals surface area contributed by atoms with Crippen molar-refractivity contribution < 1.29 is 4.74 Å². The van der Waals surface area contributed by atoms with E-state index >= 15 is 0 Å². The largest absolute Gasteiger partial charge is 0.381 e. The lowest BCUT2D eigenvalue weighted by atomic mass is 9.77. The molecule has 0 amide bonds. The topological polar surface area (TPSA) is 21.3 Å². The standard InChI is InChI=1S/C10H21NO/c1-7(2)11-8(3)9-5-10(6-9)12-4/h7-11H,5-6H2,1-4H3/t8-,9-,10+/m1/s1. The van der Waals surface area contributed by atoms with E-state index in [-0.39, 0.29) is 0 Å². The molecule has 1 N–H and O–H groups in total. The van der Waals surface area contributed by atoms with Gasteiger partial charge in [0.2, 0.25) is 0 Å². The third kappa shape index (κ3) is 2.46. The van der Waals surface area contributed by atoms with Gasteiger partial charge in [-0.25, -0.2) is 0 Å². The van der Waals surface area contributed by atoms with Crippen LogP contribution in [0.15, 0.2) is 0 Å². The molecule has 0 bridgehead atoms. The fourth-order valence-electron chi connectivity index (χ4n) is 1.87. The maximum atomic E-state index is 5.24. The van der Waals surface area contributed by atoms with Crippen molar-refractivity contribution >= 4 is 0 Å². The molecule has 1 aliphatic carbocycles. The molecule has 1 fully saturated rings. The molecule has 2 nitrogen and oxygen atoms in total. The van der Waals surface area contributed by atoms with E-state index in [0.717, 1.165) is 5.92 Å². The molecule has 72 valence electrons. The fraction of sp³-hybridized carbons (Fsp3) is 1.00. The Labute approximate surface area is 75.7 Å². The van der Waals surface area contributed by atoms with Crippen molar-refractivity contribution in [2.75, 3.05) is 7.11 Å². The molecule has 0 aromatic rings. The van der Waals surface area contributed by atoms with Crippen LogP contribution in [0.5, 0.6) is 0 Å². The summed E-state index contributed by atoms with van der Waals surface area (Å²) in [5.74, 6) is 0.831. The van der Waals surface area contributed by atoms with E-state index in [1.807, 2.05) is 0 Å². The molecule has 2 heteroatoms. The van der Waals surface area contributed by atoms with Crippen LogP contribution in [0.2, 0.25) is 0 Å². The predicted molar refractivity (Wildman–Crippen MR) is 51.3 cm³/mol. The van der Waals surface area contributed by atoms with Crippen LogP contribution in [0.4, 0.5) is 0 Å². The van der Waals surface area contributed by atoms with Gasteiger partial charge in [-0.05, 0) is 25.7 Å². The van der Waals surface area contributed by atoms with E-state index in [2.05, 4.69) is 26.1 Å². The van der Waals surface area contributed by atoms with E-state index in [1.54, 1.807) is 7.11 Å². The van der Waals surface area contributed by atoms with Gasteiger partial charge in [-0.1, -0.05) is 13.8 Å². The summed E-state index contributed by atoms with van der Waals surface area (Å²) in [4.78, 5) is 0. The maximum Gasteiger partial charge on any atom is 0.0577 e. The smallest absolute Gasteiger partial charge is 0.0577 e. The number of ether oxygens (including phenoxy) is 1. The van der Waals surface area contributed by atoms with Crippen LogP contribution in [-0.2, 0) is 4.74 Å². The van der Waals surface area contributed by atoms with Gasteiger partial charge in [-0.3, -0.25) is 0 Å². The highest BCUT2D eigenvalue weighted by molar-refractivity contribution is 4.87. The maximum absolute atomic E-state index is 5.24. The Morgan fingerprint density at radius 1 is 1.25 bits per heavy atom. The van der Waals surface area contributed by atoms with Crippen molar-refractivity contribution in [1.82, 2.24) is 5.32 Å². The van der Waals surface area contributed by atoms with Gasteiger partial charge in [0.05, 0.1) is 6.10 Å². The summed E-state index contributed by atoms with van der Waals surface area (Å²) in [6, 6.07) is 1.25. The molecular formula is C10H21NO. The molecule has 0 aliphatic heterocycles. The molecule has 0 spiro atoms. The first-order chi connectivity index (χ1) is 5.63. The van der Waals surface area contributed by atoms with Gasteiger partial charge in [0.15, 0.2) is 0 Å². The molecule has 0 aromatic heterocycles. The summed E-state index contributed by atoms with van der Waals surface area (Å²) in [7, 11) is 1.81. The zero-order valence-corrected chi connectivity index (χ0v) is 8.63. The second kappa shape index (κ2) is 4.24. The Hall–Kier alpha value is -0.0800. The first-order valence-corrected chi connectivity index (χ1v) is 4.92.